The fourth-order valence-electron chi connectivity index (χ4n) is 2.68. The molecule has 23 heavy (non-hydrogen) atoms. The van der Waals surface area contributed by atoms with Gasteiger partial charge in [0.25, 0.3) is 0 Å². The van der Waals surface area contributed by atoms with Crippen LogP contribution in [0.5, 0.6) is 0 Å². The minimum Gasteiger partial charge on any atom is -0.339 e. The maximum Gasteiger partial charge on any atom is 0.230 e. The Balaban J connectivity index is 1.78. The Morgan fingerprint density at radius 3 is 2.96 bits per heavy atom. The SMILES string of the molecule is Fc1cccc2c1c(Cl)nc1c(-c3noc(C4CC4)n3)ncn12. The van der Waals surface area contributed by atoms with E-state index in [-0.39, 0.29) is 10.5 Å². The first-order valence-corrected chi connectivity index (χ1v) is 7.55. The highest BCUT2D eigenvalue weighted by Gasteiger charge is 2.30. The maximum absolute atomic E-state index is 14.0. The molecule has 0 spiro atoms. The standard InChI is InChI=1S/C15H9ClFN5O/c16-12-10-8(17)2-1-3-9(10)22-6-18-11(14(22)19-12)13-20-15(23-21-13)7-4-5-7/h1-3,6-7H,4-5H2. The molecule has 0 atom stereocenters. The highest BCUT2D eigenvalue weighted by atomic mass is 35.5. The molecule has 3 aromatic heterocycles. The Kier molecular flexibility index (Phi) is 2.52. The van der Waals surface area contributed by atoms with Crippen molar-refractivity contribution in [2.24, 2.45) is 0 Å². The highest BCUT2D eigenvalue weighted by molar-refractivity contribution is 6.34. The normalized spacial score (nSPS) is 14.9. The Labute approximate surface area is 133 Å². The summed E-state index contributed by atoms with van der Waals surface area (Å²) in [6.45, 7) is 0. The zero-order chi connectivity index (χ0) is 15.6. The van der Waals surface area contributed by atoms with Crippen LogP contribution in [0.1, 0.15) is 24.7 Å². The van der Waals surface area contributed by atoms with E-state index in [0.29, 0.717) is 34.5 Å². The molecule has 6 nitrogen and oxygen atoms in total. The van der Waals surface area contributed by atoms with Crippen LogP contribution in [0.2, 0.25) is 5.15 Å². The van der Waals surface area contributed by atoms with Crippen LogP contribution in [0, 0.1) is 5.82 Å². The van der Waals surface area contributed by atoms with Gasteiger partial charge in [0.1, 0.15) is 17.3 Å². The van der Waals surface area contributed by atoms with Crippen molar-refractivity contribution in [2.45, 2.75) is 18.8 Å². The first-order valence-electron chi connectivity index (χ1n) is 7.17. The highest BCUT2D eigenvalue weighted by Crippen LogP contribution is 2.39. The van der Waals surface area contributed by atoms with Gasteiger partial charge in [0.15, 0.2) is 11.3 Å². The molecule has 0 N–H and O–H groups in total. The number of halogens is 2. The molecule has 0 bridgehead atoms. The summed E-state index contributed by atoms with van der Waals surface area (Å²) in [5.41, 5.74) is 1.52. The van der Waals surface area contributed by atoms with Crippen molar-refractivity contribution >= 4 is 28.2 Å². The van der Waals surface area contributed by atoms with Crippen molar-refractivity contribution in [3.63, 3.8) is 0 Å². The van der Waals surface area contributed by atoms with Crippen molar-refractivity contribution < 1.29 is 8.91 Å². The zero-order valence-corrected chi connectivity index (χ0v) is 12.5. The fraction of sp³-hybridized carbons (Fsp3) is 0.200. The lowest BCUT2D eigenvalue weighted by molar-refractivity contribution is 0.380. The lowest BCUT2D eigenvalue weighted by Crippen LogP contribution is -1.95. The molecule has 0 amide bonds. The third-order valence-electron chi connectivity index (χ3n) is 3.98. The molecular formula is C15H9ClFN5O. The van der Waals surface area contributed by atoms with Crippen molar-refractivity contribution in [3.05, 3.63) is 41.4 Å². The van der Waals surface area contributed by atoms with Gasteiger partial charge in [0.2, 0.25) is 11.7 Å². The second-order valence-corrected chi connectivity index (χ2v) is 5.91. The van der Waals surface area contributed by atoms with Gasteiger partial charge in [-0.25, -0.2) is 14.4 Å². The number of rotatable bonds is 2. The summed E-state index contributed by atoms with van der Waals surface area (Å²) in [6, 6.07) is 4.73. The average molecular weight is 330 g/mol. The molecule has 0 unspecified atom stereocenters. The molecule has 1 aliphatic carbocycles. The van der Waals surface area contributed by atoms with Gasteiger partial charge in [0, 0.05) is 5.92 Å². The molecule has 0 aliphatic heterocycles. The third kappa shape index (κ3) is 1.86. The number of hydrogen-bond donors (Lipinski definition) is 0. The summed E-state index contributed by atoms with van der Waals surface area (Å²) in [6.07, 6.45) is 3.70. The molecular weight excluding hydrogens is 321 g/mol. The van der Waals surface area contributed by atoms with E-state index >= 15 is 0 Å². The minimum absolute atomic E-state index is 0.0817. The van der Waals surface area contributed by atoms with Crippen LogP contribution in [0.4, 0.5) is 4.39 Å². The summed E-state index contributed by atoms with van der Waals surface area (Å²) in [4.78, 5) is 13.0. The molecule has 1 saturated carbocycles. The minimum atomic E-state index is -0.423. The van der Waals surface area contributed by atoms with Crippen LogP contribution in [0.3, 0.4) is 0 Å². The van der Waals surface area contributed by atoms with Crippen LogP contribution in [0.25, 0.3) is 28.1 Å². The predicted octanol–water partition coefficient (Wildman–Crippen LogP) is 3.60. The topological polar surface area (TPSA) is 69.1 Å². The number of imidazole rings is 1. The summed E-state index contributed by atoms with van der Waals surface area (Å²) in [5.74, 6) is 0.928. The zero-order valence-electron chi connectivity index (χ0n) is 11.7. The molecule has 4 aromatic rings. The van der Waals surface area contributed by atoms with Crippen molar-refractivity contribution in [3.8, 4) is 11.5 Å². The summed E-state index contributed by atoms with van der Waals surface area (Å²) >= 11 is 6.17. The molecule has 5 rings (SSSR count). The Bertz CT molecular complexity index is 1070. The van der Waals surface area contributed by atoms with Crippen LogP contribution in [-0.2, 0) is 0 Å². The lowest BCUT2D eigenvalue weighted by atomic mass is 10.2. The number of hydrogen-bond acceptors (Lipinski definition) is 5. The first kappa shape index (κ1) is 13.0. The largest absolute Gasteiger partial charge is 0.339 e. The second kappa shape index (κ2) is 4.48. The van der Waals surface area contributed by atoms with Gasteiger partial charge >= 0.3 is 0 Å². The van der Waals surface area contributed by atoms with Gasteiger partial charge < -0.3 is 4.52 Å². The van der Waals surface area contributed by atoms with Crippen molar-refractivity contribution in [1.29, 1.82) is 0 Å². The Morgan fingerprint density at radius 1 is 1.26 bits per heavy atom. The number of fused-ring (bicyclic) bond motifs is 3. The molecule has 3 heterocycles. The van der Waals surface area contributed by atoms with Gasteiger partial charge in [-0.1, -0.05) is 22.8 Å². The van der Waals surface area contributed by atoms with Crippen LogP contribution in [0.15, 0.2) is 29.0 Å². The number of benzene rings is 1. The van der Waals surface area contributed by atoms with E-state index in [2.05, 4.69) is 20.1 Å². The second-order valence-electron chi connectivity index (χ2n) is 5.55. The molecule has 1 aliphatic rings. The molecule has 0 saturated heterocycles. The smallest absolute Gasteiger partial charge is 0.230 e. The predicted molar refractivity (Wildman–Crippen MR) is 80.7 cm³/mol. The van der Waals surface area contributed by atoms with Crippen molar-refractivity contribution in [1.82, 2.24) is 24.5 Å². The summed E-state index contributed by atoms with van der Waals surface area (Å²) in [7, 11) is 0. The summed E-state index contributed by atoms with van der Waals surface area (Å²) in [5, 5.41) is 4.32. The quantitative estimate of drug-likeness (QED) is 0.525. The van der Waals surface area contributed by atoms with E-state index in [1.165, 1.54) is 6.07 Å². The van der Waals surface area contributed by atoms with Gasteiger partial charge in [-0.05, 0) is 25.0 Å². The summed E-state index contributed by atoms with van der Waals surface area (Å²) < 4.78 is 20.9. The fourth-order valence-corrected chi connectivity index (χ4v) is 2.94. The third-order valence-corrected chi connectivity index (χ3v) is 4.26. The number of aromatic nitrogens is 5. The Morgan fingerprint density at radius 2 is 2.13 bits per heavy atom. The maximum atomic E-state index is 14.0. The van der Waals surface area contributed by atoms with Crippen LogP contribution >= 0.6 is 11.6 Å². The van der Waals surface area contributed by atoms with Crippen LogP contribution in [-0.4, -0.2) is 24.5 Å². The number of nitrogens with zero attached hydrogens (tertiary/aromatic N) is 5. The van der Waals surface area contributed by atoms with E-state index in [4.69, 9.17) is 16.1 Å². The first-order chi connectivity index (χ1) is 11.2. The molecule has 1 aromatic carbocycles. The van der Waals surface area contributed by atoms with Gasteiger partial charge in [-0.2, -0.15) is 4.98 Å². The molecule has 114 valence electrons. The molecule has 8 heteroatoms. The van der Waals surface area contributed by atoms with Crippen molar-refractivity contribution in [2.75, 3.05) is 0 Å². The van der Waals surface area contributed by atoms with Gasteiger partial charge in [-0.15, -0.1) is 0 Å². The lowest BCUT2D eigenvalue weighted by Gasteiger charge is -2.04. The van der Waals surface area contributed by atoms with E-state index in [9.17, 15) is 4.39 Å². The van der Waals surface area contributed by atoms with E-state index < -0.39 is 5.82 Å². The molecule has 1 fully saturated rings. The Hall–Kier alpha value is -2.54. The average Bonchev–Trinajstić information content (AvgIpc) is 3.12. The molecule has 0 radical (unpaired) electrons. The van der Waals surface area contributed by atoms with Gasteiger partial charge in [0.05, 0.1) is 10.9 Å². The van der Waals surface area contributed by atoms with Gasteiger partial charge in [-0.3, -0.25) is 4.40 Å². The van der Waals surface area contributed by atoms with E-state index in [1.54, 1.807) is 22.9 Å². The monoisotopic (exact) mass is 329 g/mol. The van der Waals surface area contributed by atoms with E-state index in [0.717, 1.165) is 12.8 Å². The van der Waals surface area contributed by atoms with Crippen LogP contribution < -0.4 is 0 Å². The van der Waals surface area contributed by atoms with E-state index in [1.807, 2.05) is 0 Å².